The lowest BCUT2D eigenvalue weighted by Gasteiger charge is -2.18. The molecule has 7 aromatic rings. The number of fused-ring (bicyclic) bond motifs is 4. The Morgan fingerprint density at radius 1 is 0.611 bits per heavy atom. The molecule has 0 saturated heterocycles. The highest BCUT2D eigenvalue weighted by Crippen LogP contribution is 2.44. The molecule has 2 aromatic heterocycles. The summed E-state index contributed by atoms with van der Waals surface area (Å²) in [6.07, 6.45) is 1.80. The van der Waals surface area contributed by atoms with Gasteiger partial charge in [-0.3, -0.25) is 14.1 Å². The van der Waals surface area contributed by atoms with Crippen LogP contribution in [0.3, 0.4) is 0 Å². The molecule has 0 fully saturated rings. The number of nitrogens with zero attached hydrogens (tertiary/aromatic N) is 3. The maximum absolute atomic E-state index is 12.8. The fourth-order valence-corrected chi connectivity index (χ4v) is 5.69. The molecule has 0 unspecified atom stereocenters. The number of rotatable bonds is 2. The molecule has 2 heterocycles. The Hall–Kier alpha value is -4.70. The van der Waals surface area contributed by atoms with Crippen LogP contribution in [0.4, 0.5) is 0 Å². The van der Waals surface area contributed by atoms with Crippen molar-refractivity contribution in [3.8, 4) is 22.4 Å². The predicted molar refractivity (Wildman–Crippen MR) is 149 cm³/mol. The third-order valence-corrected chi connectivity index (χ3v) is 7.38. The van der Waals surface area contributed by atoms with Crippen LogP contribution in [-0.4, -0.2) is 14.1 Å². The molecule has 4 nitrogen and oxygen atoms in total. The first-order valence-corrected chi connectivity index (χ1v) is 12.1. The largest absolute Gasteiger partial charge is 0.328 e. The van der Waals surface area contributed by atoms with Crippen LogP contribution in [0.15, 0.2) is 108 Å². The Morgan fingerprint density at radius 3 is 1.86 bits per heavy atom. The Labute approximate surface area is 207 Å². The topological polar surface area (TPSA) is 39.8 Å². The summed E-state index contributed by atoms with van der Waals surface area (Å²) < 4.78 is 3.40. The van der Waals surface area contributed by atoms with Crippen molar-refractivity contribution < 1.29 is 0 Å². The molecule has 7 rings (SSSR count). The molecule has 0 aliphatic heterocycles. The van der Waals surface area contributed by atoms with Crippen LogP contribution >= 0.6 is 0 Å². The van der Waals surface area contributed by atoms with Crippen molar-refractivity contribution in [1.82, 2.24) is 14.1 Å². The molecular weight excluding hydrogens is 442 g/mol. The van der Waals surface area contributed by atoms with Gasteiger partial charge in [-0.1, -0.05) is 84.9 Å². The quantitative estimate of drug-likeness (QED) is 0.256. The second-order valence-corrected chi connectivity index (χ2v) is 9.33. The van der Waals surface area contributed by atoms with E-state index in [2.05, 4.69) is 91.0 Å². The molecule has 0 atom stereocenters. The molecule has 0 aliphatic carbocycles. The maximum atomic E-state index is 12.8. The van der Waals surface area contributed by atoms with Crippen molar-refractivity contribution in [2.45, 2.75) is 0 Å². The fourth-order valence-electron chi connectivity index (χ4n) is 5.69. The third kappa shape index (κ3) is 2.82. The van der Waals surface area contributed by atoms with Crippen LogP contribution in [-0.2, 0) is 14.1 Å². The lowest BCUT2D eigenvalue weighted by Crippen LogP contribution is -2.19. The van der Waals surface area contributed by atoms with Gasteiger partial charge < -0.3 is 0 Å². The molecule has 0 N–H and O–H groups in total. The van der Waals surface area contributed by atoms with Crippen LogP contribution in [0, 0.1) is 0 Å². The molecule has 0 spiro atoms. The zero-order valence-corrected chi connectivity index (χ0v) is 20.1. The first kappa shape index (κ1) is 20.7. The summed E-state index contributed by atoms with van der Waals surface area (Å²) in [5, 5.41) is 7.03. The van der Waals surface area contributed by atoms with Gasteiger partial charge in [-0.25, -0.2) is 4.79 Å². The van der Waals surface area contributed by atoms with E-state index in [9.17, 15) is 4.79 Å². The smallest absolute Gasteiger partial charge is 0.295 e. The van der Waals surface area contributed by atoms with E-state index in [0.29, 0.717) is 0 Å². The first-order chi connectivity index (χ1) is 17.6. The minimum Gasteiger partial charge on any atom is -0.295 e. The van der Waals surface area contributed by atoms with Crippen LogP contribution in [0.2, 0.25) is 0 Å². The highest BCUT2D eigenvalue weighted by atomic mass is 16.1. The van der Waals surface area contributed by atoms with Crippen LogP contribution < -0.4 is 5.69 Å². The monoisotopic (exact) mass is 465 g/mol. The van der Waals surface area contributed by atoms with Crippen LogP contribution in [0.5, 0.6) is 0 Å². The number of hydrogen-bond donors (Lipinski definition) is 0. The second kappa shape index (κ2) is 7.65. The van der Waals surface area contributed by atoms with Gasteiger partial charge >= 0.3 is 5.69 Å². The van der Waals surface area contributed by atoms with Gasteiger partial charge in [-0.05, 0) is 55.6 Å². The van der Waals surface area contributed by atoms with E-state index in [1.54, 1.807) is 15.3 Å². The van der Waals surface area contributed by atoms with E-state index in [1.807, 2.05) is 20.2 Å². The lowest BCUT2D eigenvalue weighted by molar-refractivity contribution is 0.795. The lowest BCUT2D eigenvalue weighted by atomic mass is 9.86. The minimum absolute atomic E-state index is 0.0550. The highest BCUT2D eigenvalue weighted by Gasteiger charge is 2.21. The average molecular weight is 466 g/mol. The SMILES string of the molecule is Cn1c(=O)n(C)c2c(-c3c4ccccc4c(-c4ccc5ccccc5c4)c4ccccc34)nccc21. The molecule has 4 heteroatoms. The fraction of sp³-hybridized carbons (Fsp3) is 0.0625. The number of aryl methyl sites for hydroxylation is 2. The first-order valence-electron chi connectivity index (χ1n) is 12.1. The number of hydrogen-bond acceptors (Lipinski definition) is 2. The third-order valence-electron chi connectivity index (χ3n) is 7.38. The van der Waals surface area contributed by atoms with Gasteiger partial charge in [0.25, 0.3) is 0 Å². The summed E-state index contributed by atoms with van der Waals surface area (Å²) in [6.45, 7) is 0. The molecule has 0 amide bonds. The Kier molecular flexibility index (Phi) is 4.39. The molecule has 0 bridgehead atoms. The summed E-state index contributed by atoms with van der Waals surface area (Å²) in [7, 11) is 3.64. The van der Waals surface area contributed by atoms with Crippen molar-refractivity contribution in [3.63, 3.8) is 0 Å². The molecular formula is C32H23N3O. The Bertz CT molecular complexity index is 1990. The number of aromatic nitrogens is 3. The zero-order valence-electron chi connectivity index (χ0n) is 20.1. The maximum Gasteiger partial charge on any atom is 0.328 e. The van der Waals surface area contributed by atoms with Gasteiger partial charge in [0.1, 0.15) is 0 Å². The van der Waals surface area contributed by atoms with E-state index < -0.39 is 0 Å². The Balaban J connectivity index is 1.67. The van der Waals surface area contributed by atoms with Gasteiger partial charge in [0, 0.05) is 25.9 Å². The Morgan fingerprint density at radius 2 is 1.19 bits per heavy atom. The van der Waals surface area contributed by atoms with E-state index in [1.165, 1.54) is 32.7 Å². The van der Waals surface area contributed by atoms with Gasteiger partial charge in [0.2, 0.25) is 0 Å². The summed E-state index contributed by atoms with van der Waals surface area (Å²) in [5.41, 5.74) is 5.94. The molecule has 172 valence electrons. The van der Waals surface area contributed by atoms with Gasteiger partial charge in [-0.2, -0.15) is 0 Å². The molecule has 0 saturated carbocycles. The predicted octanol–water partition coefficient (Wildman–Crippen LogP) is 7.07. The molecule has 5 aromatic carbocycles. The van der Waals surface area contributed by atoms with Crippen molar-refractivity contribution in [2.75, 3.05) is 0 Å². The van der Waals surface area contributed by atoms with Gasteiger partial charge in [-0.15, -0.1) is 0 Å². The van der Waals surface area contributed by atoms with Crippen molar-refractivity contribution >= 4 is 43.4 Å². The summed E-state index contributed by atoms with van der Waals surface area (Å²) in [5.74, 6) is 0. The second-order valence-electron chi connectivity index (χ2n) is 9.33. The van der Waals surface area contributed by atoms with E-state index in [4.69, 9.17) is 4.98 Å². The van der Waals surface area contributed by atoms with Crippen molar-refractivity contribution in [2.24, 2.45) is 14.1 Å². The van der Waals surface area contributed by atoms with Gasteiger partial charge in [0.15, 0.2) is 0 Å². The van der Waals surface area contributed by atoms with Crippen LogP contribution in [0.1, 0.15) is 0 Å². The standard InChI is InChI=1S/C32H23N3O/c1-34-27-17-18-33-30(31(27)35(2)32(34)36)29-25-13-7-5-11-23(25)28(24-12-6-8-14-26(24)29)22-16-15-20-9-3-4-10-21(20)19-22/h3-19H,1-2H3. The summed E-state index contributed by atoms with van der Waals surface area (Å²) in [6, 6.07) is 34.2. The molecule has 0 radical (unpaired) electrons. The molecule has 0 aliphatic rings. The highest BCUT2D eigenvalue weighted by molar-refractivity contribution is 6.22. The zero-order chi connectivity index (χ0) is 24.4. The van der Waals surface area contributed by atoms with E-state index >= 15 is 0 Å². The van der Waals surface area contributed by atoms with Crippen molar-refractivity contribution in [1.29, 1.82) is 0 Å². The normalized spacial score (nSPS) is 11.7. The molecule has 36 heavy (non-hydrogen) atoms. The van der Waals surface area contributed by atoms with Crippen LogP contribution in [0.25, 0.3) is 65.7 Å². The summed E-state index contributed by atoms with van der Waals surface area (Å²) >= 11 is 0. The van der Waals surface area contributed by atoms with E-state index in [0.717, 1.165) is 33.1 Å². The van der Waals surface area contributed by atoms with Crippen molar-refractivity contribution in [3.05, 3.63) is 114 Å². The van der Waals surface area contributed by atoms with E-state index in [-0.39, 0.29) is 5.69 Å². The number of benzene rings is 5. The minimum atomic E-state index is -0.0550. The van der Waals surface area contributed by atoms with Gasteiger partial charge in [0.05, 0.1) is 16.7 Å². The summed E-state index contributed by atoms with van der Waals surface area (Å²) in [4.78, 5) is 17.7. The average Bonchev–Trinajstić information content (AvgIpc) is 3.15. The number of pyridine rings is 1. The number of imidazole rings is 1.